The van der Waals surface area contributed by atoms with Crippen LogP contribution in [0.3, 0.4) is 0 Å². The number of para-hydroxylation sites is 1. The summed E-state index contributed by atoms with van der Waals surface area (Å²) in [4.78, 5) is 17.7. The minimum absolute atomic E-state index is 0.0546. The lowest BCUT2D eigenvalue weighted by Gasteiger charge is -2.39. The molecule has 164 valence electrons. The van der Waals surface area contributed by atoms with Crippen LogP contribution in [0.2, 0.25) is 0 Å². The smallest absolute Gasteiger partial charge is 0.252 e. The van der Waals surface area contributed by atoms with Crippen LogP contribution in [0.15, 0.2) is 48.2 Å². The Morgan fingerprint density at radius 3 is 2.84 bits per heavy atom. The first-order valence-electron chi connectivity index (χ1n) is 11.1. The Bertz CT molecular complexity index is 1090. The summed E-state index contributed by atoms with van der Waals surface area (Å²) in [5.41, 5.74) is 4.88. The maximum absolute atomic E-state index is 13.6. The highest BCUT2D eigenvalue weighted by Crippen LogP contribution is 2.51. The number of ether oxygens (including phenoxy) is 1. The highest BCUT2D eigenvalue weighted by Gasteiger charge is 2.44. The Morgan fingerprint density at radius 1 is 1.29 bits per heavy atom. The Balaban J connectivity index is 1.59. The average Bonchev–Trinajstić information content (AvgIpc) is 3.31. The van der Waals surface area contributed by atoms with Gasteiger partial charge in [0, 0.05) is 61.9 Å². The first-order chi connectivity index (χ1) is 14.9. The quantitative estimate of drug-likeness (QED) is 0.773. The van der Waals surface area contributed by atoms with E-state index in [1.54, 1.807) is 7.11 Å². The largest absolute Gasteiger partial charge is 0.387 e. The number of aliphatic hydroxyl groups is 1. The van der Waals surface area contributed by atoms with Crippen molar-refractivity contribution in [1.29, 1.82) is 0 Å². The van der Waals surface area contributed by atoms with E-state index in [4.69, 9.17) is 4.74 Å². The lowest BCUT2D eigenvalue weighted by Crippen LogP contribution is -2.42. The van der Waals surface area contributed by atoms with Crippen molar-refractivity contribution in [3.63, 3.8) is 0 Å². The van der Waals surface area contributed by atoms with Gasteiger partial charge in [-0.25, -0.2) is 0 Å². The number of amides is 1. The zero-order valence-electron chi connectivity index (χ0n) is 18.5. The molecule has 6 heteroatoms. The van der Waals surface area contributed by atoms with Gasteiger partial charge in [0.2, 0.25) is 0 Å². The molecule has 0 radical (unpaired) electrons. The number of methoxy groups -OCH3 is 1. The van der Waals surface area contributed by atoms with Crippen molar-refractivity contribution < 1.29 is 14.6 Å². The van der Waals surface area contributed by atoms with E-state index in [-0.39, 0.29) is 23.9 Å². The number of likely N-dealkylation sites (N-methyl/N-ethyl adjacent to an activating group) is 1. The van der Waals surface area contributed by atoms with E-state index in [0.29, 0.717) is 13.0 Å². The molecule has 3 aliphatic rings. The molecule has 3 heterocycles. The molecule has 2 bridgehead atoms. The molecule has 4 atom stereocenters. The first kappa shape index (κ1) is 20.3. The molecule has 1 saturated heterocycles. The Morgan fingerprint density at radius 2 is 2.06 bits per heavy atom. The molecule has 1 N–H and O–H groups in total. The van der Waals surface area contributed by atoms with Crippen LogP contribution in [-0.2, 0) is 16.6 Å². The van der Waals surface area contributed by atoms with Gasteiger partial charge in [0.25, 0.3) is 5.91 Å². The van der Waals surface area contributed by atoms with Crippen LogP contribution in [0, 0.1) is 5.92 Å². The van der Waals surface area contributed by atoms with Crippen LogP contribution in [-0.4, -0.2) is 58.7 Å². The van der Waals surface area contributed by atoms with E-state index in [9.17, 15) is 9.90 Å². The lowest BCUT2D eigenvalue weighted by molar-refractivity contribution is -0.129. The Hall–Kier alpha value is -2.57. The number of aromatic nitrogens is 1. The van der Waals surface area contributed by atoms with E-state index in [1.807, 2.05) is 37.3 Å². The fourth-order valence-corrected chi connectivity index (χ4v) is 6.01. The summed E-state index contributed by atoms with van der Waals surface area (Å²) < 4.78 is 7.46. The van der Waals surface area contributed by atoms with E-state index < -0.39 is 6.10 Å². The number of benzene rings is 1. The van der Waals surface area contributed by atoms with Gasteiger partial charge in [-0.15, -0.1) is 0 Å². The number of rotatable bonds is 3. The predicted molar refractivity (Wildman–Crippen MR) is 120 cm³/mol. The first-order valence-corrected chi connectivity index (χ1v) is 11.1. The molecule has 1 fully saturated rings. The van der Waals surface area contributed by atoms with Gasteiger partial charge >= 0.3 is 0 Å². The van der Waals surface area contributed by atoms with Crippen LogP contribution in [0.5, 0.6) is 0 Å². The van der Waals surface area contributed by atoms with Crippen molar-refractivity contribution in [2.75, 3.05) is 27.3 Å². The number of aliphatic hydroxyl groups excluding tert-OH is 1. The maximum Gasteiger partial charge on any atom is 0.252 e. The summed E-state index contributed by atoms with van der Waals surface area (Å²) in [7, 11) is 5.71. The number of hydrogen-bond acceptors (Lipinski definition) is 4. The third kappa shape index (κ3) is 2.96. The second kappa shape index (κ2) is 7.53. The van der Waals surface area contributed by atoms with Gasteiger partial charge < -0.3 is 24.2 Å². The molecule has 0 spiro atoms. The van der Waals surface area contributed by atoms with Gasteiger partial charge in [0.05, 0.1) is 30.5 Å². The van der Waals surface area contributed by atoms with E-state index >= 15 is 0 Å². The van der Waals surface area contributed by atoms with Crippen molar-refractivity contribution in [3.8, 4) is 0 Å². The van der Waals surface area contributed by atoms with E-state index in [0.717, 1.165) is 52.7 Å². The highest BCUT2D eigenvalue weighted by atomic mass is 16.5. The summed E-state index contributed by atoms with van der Waals surface area (Å²) in [6.07, 6.45) is 3.78. The van der Waals surface area contributed by atoms with Crippen molar-refractivity contribution >= 4 is 16.8 Å². The molecule has 1 aliphatic carbocycles. The van der Waals surface area contributed by atoms with Gasteiger partial charge in [-0.3, -0.25) is 4.79 Å². The van der Waals surface area contributed by atoms with Crippen molar-refractivity contribution in [3.05, 3.63) is 59.4 Å². The number of nitrogens with zero attached hydrogens (tertiary/aromatic N) is 3. The topological polar surface area (TPSA) is 57.9 Å². The summed E-state index contributed by atoms with van der Waals surface area (Å²) in [5, 5.41) is 12.5. The summed E-state index contributed by atoms with van der Waals surface area (Å²) in [6.45, 7) is 5.79. The summed E-state index contributed by atoms with van der Waals surface area (Å²) >= 11 is 0. The normalized spacial score (nSPS) is 28.0. The summed E-state index contributed by atoms with van der Waals surface area (Å²) in [5.74, 6) is -0.113. The van der Waals surface area contributed by atoms with Crippen LogP contribution in [0.25, 0.3) is 10.9 Å². The molecule has 31 heavy (non-hydrogen) atoms. The van der Waals surface area contributed by atoms with Crippen LogP contribution >= 0.6 is 0 Å². The van der Waals surface area contributed by atoms with Crippen LogP contribution in [0.1, 0.15) is 42.7 Å². The highest BCUT2D eigenvalue weighted by molar-refractivity contribution is 5.96. The zero-order valence-corrected chi connectivity index (χ0v) is 18.5. The van der Waals surface area contributed by atoms with Gasteiger partial charge in [-0.2, -0.15) is 0 Å². The molecule has 2 aromatic rings. The predicted octanol–water partition coefficient (Wildman–Crippen LogP) is 3.30. The monoisotopic (exact) mass is 421 g/mol. The fraction of sp³-hybridized carbons (Fsp3) is 0.480. The Kier molecular flexibility index (Phi) is 4.94. The Labute approximate surface area is 183 Å². The van der Waals surface area contributed by atoms with Crippen molar-refractivity contribution in [2.45, 2.75) is 37.5 Å². The molecule has 0 saturated carbocycles. The number of hydrogen-bond donors (Lipinski definition) is 1. The molecule has 1 amide bonds. The standard InChI is InChI=1S/C25H31N3O3/c1-15-18-12-21(29)24-22(17-9-5-6-10-20(17)27(24)3)23(15)26(2)13-19(18)25(30)28-11-7-8-16(28)14-31-4/h5-6,9-10,13,16,18,21,23,29H,1,7-8,11-12,14H2,2-4H3/t16-,18+,21?,23+/m0/s1. The molecule has 2 aliphatic heterocycles. The van der Waals surface area contributed by atoms with Gasteiger partial charge in [-0.1, -0.05) is 24.8 Å². The molecule has 1 unspecified atom stereocenters. The zero-order chi connectivity index (χ0) is 21.9. The SMILES string of the molecule is C=C1[C@H]2CC(O)c3c(c4ccccc4n3C)[C@@H]1N(C)C=C2C(=O)N1CCC[C@H]1COC. The van der Waals surface area contributed by atoms with E-state index in [2.05, 4.69) is 28.2 Å². The lowest BCUT2D eigenvalue weighted by atomic mass is 9.80. The third-order valence-electron chi connectivity index (χ3n) is 7.41. The number of carbonyl (C=O) groups excluding carboxylic acids is 1. The van der Waals surface area contributed by atoms with Gasteiger partial charge in [0.15, 0.2) is 0 Å². The second-order valence-corrected chi connectivity index (χ2v) is 9.16. The van der Waals surface area contributed by atoms with Crippen LogP contribution in [0.4, 0.5) is 0 Å². The minimum atomic E-state index is -0.657. The van der Waals surface area contributed by atoms with Crippen molar-refractivity contribution in [2.24, 2.45) is 13.0 Å². The van der Waals surface area contributed by atoms with Crippen molar-refractivity contribution in [1.82, 2.24) is 14.4 Å². The minimum Gasteiger partial charge on any atom is -0.387 e. The van der Waals surface area contributed by atoms with Crippen LogP contribution < -0.4 is 0 Å². The number of likely N-dealkylation sites (tertiary alicyclic amines) is 1. The summed E-state index contributed by atoms with van der Waals surface area (Å²) in [6, 6.07) is 8.33. The number of carbonyl (C=O) groups is 1. The van der Waals surface area contributed by atoms with E-state index in [1.165, 1.54) is 0 Å². The van der Waals surface area contributed by atoms with Gasteiger partial charge in [0.1, 0.15) is 0 Å². The molecular formula is C25H31N3O3. The third-order valence-corrected chi connectivity index (χ3v) is 7.41. The second-order valence-electron chi connectivity index (χ2n) is 9.16. The molecule has 1 aromatic carbocycles. The molecule has 6 nitrogen and oxygen atoms in total. The molecular weight excluding hydrogens is 390 g/mol. The molecule has 1 aromatic heterocycles. The number of fused-ring (bicyclic) bond motifs is 6. The maximum atomic E-state index is 13.6. The van der Waals surface area contributed by atoms with Gasteiger partial charge in [-0.05, 0) is 30.9 Å². The number of aryl methyl sites for hydroxylation is 1. The fourth-order valence-electron chi connectivity index (χ4n) is 6.01. The molecule has 5 rings (SSSR count). The average molecular weight is 422 g/mol.